The van der Waals surface area contributed by atoms with Crippen molar-refractivity contribution in [3.63, 3.8) is 0 Å². The van der Waals surface area contributed by atoms with Crippen LogP contribution in [0.25, 0.3) is 0 Å². The number of piperidine rings is 1. The normalized spacial score (nSPS) is 31.1. The Bertz CT molecular complexity index is 274. The van der Waals surface area contributed by atoms with Crippen molar-refractivity contribution < 1.29 is 4.79 Å². The molecule has 0 aromatic heterocycles. The molecule has 2 heterocycles. The Labute approximate surface area is 110 Å². The van der Waals surface area contributed by atoms with Crippen LogP contribution in [0.4, 0.5) is 0 Å². The lowest BCUT2D eigenvalue weighted by Gasteiger charge is -2.35. The van der Waals surface area contributed by atoms with Crippen LogP contribution in [0.15, 0.2) is 0 Å². The molecule has 1 amide bonds. The molecular formula is C14H27N3O. The minimum Gasteiger partial charge on any atom is -0.342 e. The van der Waals surface area contributed by atoms with Gasteiger partial charge in [0, 0.05) is 32.2 Å². The number of carbonyl (C=O) groups is 1. The summed E-state index contributed by atoms with van der Waals surface area (Å²) in [6, 6.07) is 0.314. The van der Waals surface area contributed by atoms with Gasteiger partial charge in [-0.3, -0.25) is 9.69 Å². The van der Waals surface area contributed by atoms with Crippen LogP contribution in [0.2, 0.25) is 0 Å². The maximum absolute atomic E-state index is 12.3. The van der Waals surface area contributed by atoms with E-state index in [-0.39, 0.29) is 0 Å². The van der Waals surface area contributed by atoms with Crippen molar-refractivity contribution in [1.82, 2.24) is 9.80 Å². The second-order valence-electron chi connectivity index (χ2n) is 5.96. The Morgan fingerprint density at radius 2 is 1.83 bits per heavy atom. The van der Waals surface area contributed by atoms with E-state index in [1.54, 1.807) is 0 Å². The van der Waals surface area contributed by atoms with Crippen molar-refractivity contribution in [2.45, 2.75) is 45.1 Å². The maximum atomic E-state index is 12.3. The van der Waals surface area contributed by atoms with E-state index < -0.39 is 0 Å². The molecule has 4 nitrogen and oxygen atoms in total. The van der Waals surface area contributed by atoms with Crippen LogP contribution in [-0.4, -0.2) is 54.5 Å². The summed E-state index contributed by atoms with van der Waals surface area (Å²) in [6.07, 6.45) is 5.92. The number of nitrogens with zero attached hydrogens (tertiary/aromatic N) is 2. The number of rotatable bonds is 2. The Hall–Kier alpha value is -0.610. The zero-order chi connectivity index (χ0) is 13.0. The number of hydrogen-bond acceptors (Lipinski definition) is 3. The highest BCUT2D eigenvalue weighted by Crippen LogP contribution is 2.15. The molecule has 0 radical (unpaired) electrons. The summed E-state index contributed by atoms with van der Waals surface area (Å²) in [5.41, 5.74) is 6.01. The molecule has 0 aromatic carbocycles. The first-order chi connectivity index (χ1) is 8.66. The Kier molecular flexibility index (Phi) is 5.01. The molecule has 2 fully saturated rings. The number of amides is 1. The molecule has 2 unspecified atom stereocenters. The molecule has 2 N–H and O–H groups in total. The fourth-order valence-corrected chi connectivity index (χ4v) is 3.01. The molecule has 2 atom stereocenters. The van der Waals surface area contributed by atoms with E-state index in [1.807, 2.05) is 0 Å². The summed E-state index contributed by atoms with van der Waals surface area (Å²) in [4.78, 5) is 16.6. The number of likely N-dealkylation sites (tertiary alicyclic amines) is 2. The van der Waals surface area contributed by atoms with E-state index >= 15 is 0 Å². The standard InChI is InChI=1S/C14H27N3O/c1-12-10-16(9-6-13(12)15)11-14(18)17-7-4-2-3-5-8-17/h12-13H,2-11,15H2,1H3. The van der Waals surface area contributed by atoms with Gasteiger partial charge in [0.15, 0.2) is 0 Å². The van der Waals surface area contributed by atoms with Crippen LogP contribution in [-0.2, 0) is 4.79 Å². The molecule has 0 bridgehead atoms. The van der Waals surface area contributed by atoms with Crippen molar-refractivity contribution in [3.8, 4) is 0 Å². The van der Waals surface area contributed by atoms with Gasteiger partial charge in [-0.25, -0.2) is 0 Å². The van der Waals surface area contributed by atoms with E-state index in [0.29, 0.717) is 24.4 Å². The van der Waals surface area contributed by atoms with Gasteiger partial charge in [0.2, 0.25) is 5.91 Å². The van der Waals surface area contributed by atoms with E-state index in [2.05, 4.69) is 16.7 Å². The van der Waals surface area contributed by atoms with Crippen LogP contribution >= 0.6 is 0 Å². The van der Waals surface area contributed by atoms with Crippen LogP contribution < -0.4 is 5.73 Å². The van der Waals surface area contributed by atoms with Crippen LogP contribution in [0.5, 0.6) is 0 Å². The molecule has 2 saturated heterocycles. The first-order valence-corrected chi connectivity index (χ1v) is 7.42. The first-order valence-electron chi connectivity index (χ1n) is 7.42. The predicted octanol–water partition coefficient (Wildman–Crippen LogP) is 1.06. The van der Waals surface area contributed by atoms with E-state index in [4.69, 9.17) is 5.73 Å². The van der Waals surface area contributed by atoms with Crippen molar-refractivity contribution in [2.75, 3.05) is 32.7 Å². The largest absolute Gasteiger partial charge is 0.342 e. The summed E-state index contributed by atoms with van der Waals surface area (Å²) < 4.78 is 0. The molecule has 2 aliphatic heterocycles. The smallest absolute Gasteiger partial charge is 0.236 e. The van der Waals surface area contributed by atoms with Crippen LogP contribution in [0.3, 0.4) is 0 Å². The average Bonchev–Trinajstić information content (AvgIpc) is 2.62. The van der Waals surface area contributed by atoms with E-state index in [9.17, 15) is 4.79 Å². The number of carbonyl (C=O) groups excluding carboxylic acids is 1. The zero-order valence-electron chi connectivity index (χ0n) is 11.6. The van der Waals surface area contributed by atoms with Gasteiger partial charge in [-0.2, -0.15) is 0 Å². The van der Waals surface area contributed by atoms with Gasteiger partial charge in [0.1, 0.15) is 0 Å². The topological polar surface area (TPSA) is 49.6 Å². The molecular weight excluding hydrogens is 226 g/mol. The van der Waals surface area contributed by atoms with Gasteiger partial charge in [0.05, 0.1) is 6.54 Å². The van der Waals surface area contributed by atoms with Gasteiger partial charge >= 0.3 is 0 Å². The Morgan fingerprint density at radius 1 is 1.17 bits per heavy atom. The monoisotopic (exact) mass is 253 g/mol. The molecule has 0 saturated carbocycles. The lowest BCUT2D eigenvalue weighted by molar-refractivity contribution is -0.132. The quantitative estimate of drug-likeness (QED) is 0.800. The predicted molar refractivity (Wildman–Crippen MR) is 73.2 cm³/mol. The van der Waals surface area contributed by atoms with Gasteiger partial charge in [0.25, 0.3) is 0 Å². The van der Waals surface area contributed by atoms with Gasteiger partial charge in [-0.05, 0) is 25.2 Å². The van der Waals surface area contributed by atoms with Crippen molar-refractivity contribution in [3.05, 3.63) is 0 Å². The SMILES string of the molecule is CC1CN(CC(=O)N2CCCCCC2)CCC1N. The molecule has 0 spiro atoms. The lowest BCUT2D eigenvalue weighted by atomic mass is 9.95. The van der Waals surface area contributed by atoms with Crippen LogP contribution in [0.1, 0.15) is 39.0 Å². The second-order valence-corrected chi connectivity index (χ2v) is 5.96. The maximum Gasteiger partial charge on any atom is 0.236 e. The highest BCUT2D eigenvalue weighted by Gasteiger charge is 2.25. The molecule has 0 aromatic rings. The number of nitrogens with two attached hydrogens (primary N) is 1. The molecule has 104 valence electrons. The van der Waals surface area contributed by atoms with Gasteiger partial charge in [-0.15, -0.1) is 0 Å². The van der Waals surface area contributed by atoms with Gasteiger partial charge in [-0.1, -0.05) is 19.8 Å². The lowest BCUT2D eigenvalue weighted by Crippen LogP contribution is -2.49. The van der Waals surface area contributed by atoms with E-state index in [1.165, 1.54) is 25.7 Å². The minimum atomic E-state index is 0.314. The van der Waals surface area contributed by atoms with Crippen LogP contribution in [0, 0.1) is 5.92 Å². The third-order valence-electron chi connectivity index (χ3n) is 4.37. The molecule has 0 aliphatic carbocycles. The van der Waals surface area contributed by atoms with Crippen molar-refractivity contribution in [1.29, 1.82) is 0 Å². The summed E-state index contributed by atoms with van der Waals surface area (Å²) in [7, 11) is 0. The minimum absolute atomic E-state index is 0.314. The third kappa shape index (κ3) is 3.69. The van der Waals surface area contributed by atoms with Crippen molar-refractivity contribution >= 4 is 5.91 Å². The molecule has 18 heavy (non-hydrogen) atoms. The highest BCUT2D eigenvalue weighted by atomic mass is 16.2. The summed E-state index contributed by atoms with van der Waals surface area (Å²) in [6.45, 7) is 6.65. The molecule has 4 heteroatoms. The second kappa shape index (κ2) is 6.53. The number of hydrogen-bond donors (Lipinski definition) is 1. The Balaban J connectivity index is 1.79. The summed E-state index contributed by atoms with van der Waals surface area (Å²) in [5, 5.41) is 0. The van der Waals surface area contributed by atoms with E-state index in [0.717, 1.165) is 32.6 Å². The fourth-order valence-electron chi connectivity index (χ4n) is 3.01. The summed E-state index contributed by atoms with van der Waals surface area (Å²) >= 11 is 0. The third-order valence-corrected chi connectivity index (χ3v) is 4.37. The zero-order valence-corrected chi connectivity index (χ0v) is 11.6. The molecule has 2 rings (SSSR count). The first kappa shape index (κ1) is 13.8. The Morgan fingerprint density at radius 3 is 2.44 bits per heavy atom. The van der Waals surface area contributed by atoms with Gasteiger partial charge < -0.3 is 10.6 Å². The highest BCUT2D eigenvalue weighted by molar-refractivity contribution is 5.78. The average molecular weight is 253 g/mol. The fraction of sp³-hybridized carbons (Fsp3) is 0.929. The molecule has 2 aliphatic rings. The van der Waals surface area contributed by atoms with Crippen molar-refractivity contribution in [2.24, 2.45) is 11.7 Å². The summed E-state index contributed by atoms with van der Waals surface area (Å²) in [5.74, 6) is 0.829.